The number of benzene rings is 1. The molecule has 0 aliphatic heterocycles. The van der Waals surface area contributed by atoms with Gasteiger partial charge in [0.2, 0.25) is 5.91 Å². The van der Waals surface area contributed by atoms with E-state index in [0.717, 1.165) is 16.7 Å². The van der Waals surface area contributed by atoms with Crippen LogP contribution in [0.25, 0.3) is 0 Å². The van der Waals surface area contributed by atoms with Crippen molar-refractivity contribution in [1.82, 2.24) is 4.57 Å². The Balaban J connectivity index is 2.28. The largest absolute Gasteiger partial charge is 0.322 e. The molecule has 0 aliphatic carbocycles. The van der Waals surface area contributed by atoms with E-state index in [4.69, 9.17) is 5.26 Å². The number of carbonyl (C=O) groups is 1. The Labute approximate surface area is 130 Å². The molecule has 118 valence electrons. The first kappa shape index (κ1) is 16.4. The summed E-state index contributed by atoms with van der Waals surface area (Å²) in [4.78, 5) is 24.2. The van der Waals surface area contributed by atoms with Gasteiger partial charge in [0.05, 0.1) is 5.69 Å². The summed E-state index contributed by atoms with van der Waals surface area (Å²) in [6.07, 6.45) is 0. The van der Waals surface area contributed by atoms with Crippen molar-refractivity contribution in [2.24, 2.45) is 0 Å². The van der Waals surface area contributed by atoms with E-state index in [1.807, 2.05) is 0 Å². The lowest BCUT2D eigenvalue weighted by Crippen LogP contribution is -2.31. The maximum atomic E-state index is 13.5. The first-order chi connectivity index (χ1) is 10.8. The second-order valence-corrected chi connectivity index (χ2v) is 5.02. The number of amides is 1. The Morgan fingerprint density at radius 2 is 2.00 bits per heavy atom. The van der Waals surface area contributed by atoms with Crippen LogP contribution in [-0.2, 0) is 11.3 Å². The molecule has 0 atom stereocenters. The van der Waals surface area contributed by atoms with Crippen molar-refractivity contribution in [3.8, 4) is 6.07 Å². The molecule has 7 heteroatoms. The van der Waals surface area contributed by atoms with Crippen LogP contribution in [0.2, 0.25) is 0 Å². The van der Waals surface area contributed by atoms with Crippen molar-refractivity contribution < 1.29 is 13.6 Å². The molecular formula is C16H13F2N3O2. The highest BCUT2D eigenvalue weighted by Crippen LogP contribution is 2.15. The number of carbonyl (C=O) groups excluding carboxylic acids is 1. The van der Waals surface area contributed by atoms with Crippen LogP contribution in [0.4, 0.5) is 14.5 Å². The van der Waals surface area contributed by atoms with Crippen LogP contribution in [0.3, 0.4) is 0 Å². The summed E-state index contributed by atoms with van der Waals surface area (Å²) in [5.41, 5.74) is 0.211. The van der Waals surface area contributed by atoms with Gasteiger partial charge in [-0.2, -0.15) is 5.26 Å². The maximum Gasteiger partial charge on any atom is 0.269 e. The van der Waals surface area contributed by atoms with E-state index >= 15 is 0 Å². The third-order valence-electron chi connectivity index (χ3n) is 3.32. The molecule has 0 radical (unpaired) electrons. The highest BCUT2D eigenvalue weighted by Gasteiger charge is 2.14. The van der Waals surface area contributed by atoms with Crippen molar-refractivity contribution in [2.45, 2.75) is 20.4 Å². The van der Waals surface area contributed by atoms with Crippen LogP contribution in [0, 0.1) is 36.8 Å². The average molecular weight is 317 g/mol. The molecule has 2 rings (SSSR count). The number of hydrogen-bond donors (Lipinski definition) is 1. The molecule has 0 saturated carbocycles. The van der Waals surface area contributed by atoms with Gasteiger partial charge in [-0.25, -0.2) is 8.78 Å². The summed E-state index contributed by atoms with van der Waals surface area (Å²) >= 11 is 0. The minimum Gasteiger partial charge on any atom is -0.322 e. The van der Waals surface area contributed by atoms with Crippen molar-refractivity contribution in [3.05, 3.63) is 63.1 Å². The molecule has 1 N–H and O–H groups in total. The van der Waals surface area contributed by atoms with Crippen LogP contribution >= 0.6 is 0 Å². The summed E-state index contributed by atoms with van der Waals surface area (Å²) in [6, 6.07) is 6.17. The summed E-state index contributed by atoms with van der Waals surface area (Å²) in [6.45, 7) is 2.88. The lowest BCUT2D eigenvalue weighted by molar-refractivity contribution is -0.116. The molecule has 0 bridgehead atoms. The standard InChI is InChI=1S/C16H13F2N3O2/c1-9-5-10(2)21(16(23)12(9)7-19)8-15(22)20-14-4-3-11(17)6-13(14)18/h3-6H,8H2,1-2H3,(H,20,22). The van der Waals surface area contributed by atoms with Crippen molar-refractivity contribution in [1.29, 1.82) is 5.26 Å². The van der Waals surface area contributed by atoms with E-state index in [1.165, 1.54) is 0 Å². The number of nitrogens with one attached hydrogen (secondary N) is 1. The van der Waals surface area contributed by atoms with Crippen LogP contribution < -0.4 is 10.9 Å². The van der Waals surface area contributed by atoms with Crippen LogP contribution in [0.15, 0.2) is 29.1 Å². The summed E-state index contributed by atoms with van der Waals surface area (Å²) in [7, 11) is 0. The zero-order valence-corrected chi connectivity index (χ0v) is 12.5. The van der Waals surface area contributed by atoms with Gasteiger partial charge < -0.3 is 9.88 Å². The van der Waals surface area contributed by atoms with Gasteiger partial charge in [-0.3, -0.25) is 9.59 Å². The number of nitriles is 1. The number of hydrogen-bond acceptors (Lipinski definition) is 3. The van der Waals surface area contributed by atoms with Crippen LogP contribution in [-0.4, -0.2) is 10.5 Å². The number of rotatable bonds is 3. The zero-order chi connectivity index (χ0) is 17.1. The SMILES string of the molecule is Cc1cc(C)n(CC(=O)Nc2ccc(F)cc2F)c(=O)c1C#N. The third-order valence-corrected chi connectivity index (χ3v) is 3.32. The number of nitrogens with zero attached hydrogens (tertiary/aromatic N) is 2. The molecule has 0 fully saturated rings. The molecule has 23 heavy (non-hydrogen) atoms. The molecule has 1 aromatic carbocycles. The minimum absolute atomic E-state index is 0.0450. The van der Waals surface area contributed by atoms with Crippen LogP contribution in [0.5, 0.6) is 0 Å². The molecule has 2 aromatic rings. The number of anilines is 1. The molecule has 0 aliphatic rings. The summed E-state index contributed by atoms with van der Waals surface area (Å²) < 4.78 is 27.5. The van der Waals surface area contributed by atoms with E-state index in [2.05, 4.69) is 5.32 Å². The van der Waals surface area contributed by atoms with Gasteiger partial charge in [0.15, 0.2) is 0 Å². The lowest BCUT2D eigenvalue weighted by Gasteiger charge is -2.12. The molecular weight excluding hydrogens is 304 g/mol. The number of halogens is 2. The average Bonchev–Trinajstić information content (AvgIpc) is 2.47. The second-order valence-electron chi connectivity index (χ2n) is 5.02. The fraction of sp³-hybridized carbons (Fsp3) is 0.188. The molecule has 1 aromatic heterocycles. The van der Waals surface area contributed by atoms with Gasteiger partial charge in [0.25, 0.3) is 5.56 Å². The van der Waals surface area contributed by atoms with Gasteiger partial charge in [0, 0.05) is 11.8 Å². The van der Waals surface area contributed by atoms with Crippen LogP contribution in [0.1, 0.15) is 16.8 Å². The van der Waals surface area contributed by atoms with E-state index in [-0.39, 0.29) is 17.8 Å². The third kappa shape index (κ3) is 3.43. The molecule has 1 heterocycles. The Kier molecular flexibility index (Phi) is 4.55. The first-order valence-electron chi connectivity index (χ1n) is 6.69. The summed E-state index contributed by atoms with van der Waals surface area (Å²) in [5.74, 6) is -2.33. The Morgan fingerprint density at radius 1 is 1.30 bits per heavy atom. The first-order valence-corrected chi connectivity index (χ1v) is 6.69. The topological polar surface area (TPSA) is 74.9 Å². The predicted octanol–water partition coefficient (Wildman–Crippen LogP) is 2.25. The van der Waals surface area contributed by atoms with Gasteiger partial charge >= 0.3 is 0 Å². The molecule has 0 saturated heterocycles. The Bertz CT molecular complexity index is 882. The summed E-state index contributed by atoms with van der Waals surface area (Å²) in [5, 5.41) is 11.3. The smallest absolute Gasteiger partial charge is 0.269 e. The number of aryl methyl sites for hydroxylation is 2. The van der Waals surface area contributed by atoms with Gasteiger partial charge in [-0.1, -0.05) is 0 Å². The van der Waals surface area contributed by atoms with Crippen molar-refractivity contribution >= 4 is 11.6 Å². The van der Waals surface area contributed by atoms with E-state index in [0.29, 0.717) is 17.3 Å². The fourth-order valence-electron chi connectivity index (χ4n) is 2.18. The van der Waals surface area contributed by atoms with Gasteiger partial charge in [0.1, 0.15) is 29.8 Å². The van der Waals surface area contributed by atoms with Gasteiger partial charge in [-0.15, -0.1) is 0 Å². The van der Waals surface area contributed by atoms with Crippen molar-refractivity contribution in [2.75, 3.05) is 5.32 Å². The predicted molar refractivity (Wildman–Crippen MR) is 79.9 cm³/mol. The fourth-order valence-corrected chi connectivity index (χ4v) is 2.18. The van der Waals surface area contributed by atoms with E-state index < -0.39 is 23.1 Å². The Morgan fingerprint density at radius 3 is 2.61 bits per heavy atom. The normalized spacial score (nSPS) is 10.2. The van der Waals surface area contributed by atoms with E-state index in [9.17, 15) is 18.4 Å². The Hall–Kier alpha value is -3.01. The molecule has 0 unspecified atom stereocenters. The lowest BCUT2D eigenvalue weighted by atomic mass is 10.1. The van der Waals surface area contributed by atoms with Crippen molar-refractivity contribution in [3.63, 3.8) is 0 Å². The molecule has 0 spiro atoms. The quantitative estimate of drug-likeness (QED) is 0.943. The molecule has 5 nitrogen and oxygen atoms in total. The van der Waals surface area contributed by atoms with E-state index in [1.54, 1.807) is 26.0 Å². The highest BCUT2D eigenvalue weighted by atomic mass is 19.1. The maximum absolute atomic E-state index is 13.5. The number of aromatic nitrogens is 1. The van der Waals surface area contributed by atoms with Gasteiger partial charge in [-0.05, 0) is 37.6 Å². The monoisotopic (exact) mass is 317 g/mol. The molecule has 1 amide bonds. The minimum atomic E-state index is -0.913. The second kappa shape index (κ2) is 6.40. The zero-order valence-electron chi connectivity index (χ0n) is 12.5. The number of pyridine rings is 1. The highest BCUT2D eigenvalue weighted by molar-refractivity contribution is 5.90.